The largest absolute Gasteiger partial charge is 0.350 e. The molecule has 1 heterocycles. The number of aromatic amines is 1. The number of aryl methyl sites for hydroxylation is 1. The second kappa shape index (κ2) is 6.24. The molecule has 4 heteroatoms. The van der Waals surface area contributed by atoms with E-state index in [1.54, 1.807) is 30.1 Å². The van der Waals surface area contributed by atoms with Crippen molar-refractivity contribution in [3.05, 3.63) is 71.2 Å². The normalized spacial score (nSPS) is 10.9. The second-order valence-corrected chi connectivity index (χ2v) is 5.63. The first-order chi connectivity index (χ1) is 11.1. The first-order valence-corrected chi connectivity index (χ1v) is 7.70. The number of nitrogens with one attached hydrogen (secondary N) is 1. The van der Waals surface area contributed by atoms with E-state index in [4.69, 9.17) is 0 Å². The van der Waals surface area contributed by atoms with E-state index in [9.17, 15) is 9.18 Å². The number of H-pyrrole nitrogens is 1. The molecule has 0 aliphatic rings. The lowest BCUT2D eigenvalue weighted by molar-refractivity contribution is 0.0778. The van der Waals surface area contributed by atoms with Crippen molar-refractivity contribution in [3.63, 3.8) is 0 Å². The van der Waals surface area contributed by atoms with Crippen LogP contribution in [-0.2, 0) is 13.0 Å². The van der Waals surface area contributed by atoms with Gasteiger partial charge in [0.15, 0.2) is 0 Å². The summed E-state index contributed by atoms with van der Waals surface area (Å²) >= 11 is 0. The monoisotopic (exact) mass is 310 g/mol. The Kier molecular flexibility index (Phi) is 4.15. The summed E-state index contributed by atoms with van der Waals surface area (Å²) in [4.78, 5) is 17.5. The minimum absolute atomic E-state index is 0.124. The molecule has 2 aromatic carbocycles. The molecular formula is C19H19FN2O. The third-order valence-corrected chi connectivity index (χ3v) is 4.09. The highest BCUT2D eigenvalue weighted by Crippen LogP contribution is 2.24. The number of para-hydroxylation sites is 1. The van der Waals surface area contributed by atoms with Crippen molar-refractivity contribution in [2.24, 2.45) is 0 Å². The number of carbonyl (C=O) groups is 1. The Morgan fingerprint density at radius 3 is 2.57 bits per heavy atom. The molecule has 0 unspecified atom stereocenters. The van der Waals surface area contributed by atoms with Crippen LogP contribution in [0, 0.1) is 5.82 Å². The van der Waals surface area contributed by atoms with Gasteiger partial charge in [-0.25, -0.2) is 4.39 Å². The highest BCUT2D eigenvalue weighted by atomic mass is 19.1. The fourth-order valence-electron chi connectivity index (χ4n) is 2.89. The Hall–Kier alpha value is -2.62. The third kappa shape index (κ3) is 2.84. The SMILES string of the molecule is CCc1c(C(=O)N(C)Cc2ccccc2F)[nH]c2ccccc12. The van der Waals surface area contributed by atoms with E-state index >= 15 is 0 Å². The van der Waals surface area contributed by atoms with Gasteiger partial charge in [-0.05, 0) is 24.1 Å². The van der Waals surface area contributed by atoms with Gasteiger partial charge in [-0.2, -0.15) is 0 Å². The minimum Gasteiger partial charge on any atom is -0.350 e. The second-order valence-electron chi connectivity index (χ2n) is 5.63. The van der Waals surface area contributed by atoms with Gasteiger partial charge in [-0.3, -0.25) is 4.79 Å². The van der Waals surface area contributed by atoms with Gasteiger partial charge < -0.3 is 9.88 Å². The molecule has 0 aliphatic heterocycles. The highest BCUT2D eigenvalue weighted by Gasteiger charge is 2.20. The number of hydrogen-bond acceptors (Lipinski definition) is 1. The number of benzene rings is 2. The van der Waals surface area contributed by atoms with Crippen LogP contribution in [0.25, 0.3) is 10.9 Å². The van der Waals surface area contributed by atoms with Gasteiger partial charge in [0.25, 0.3) is 5.91 Å². The van der Waals surface area contributed by atoms with Gasteiger partial charge in [-0.15, -0.1) is 0 Å². The van der Waals surface area contributed by atoms with E-state index in [2.05, 4.69) is 4.98 Å². The number of rotatable bonds is 4. The molecule has 0 atom stereocenters. The van der Waals surface area contributed by atoms with Crippen molar-refractivity contribution in [3.8, 4) is 0 Å². The Bertz CT molecular complexity index is 853. The number of carbonyl (C=O) groups excluding carboxylic acids is 1. The molecule has 0 spiro atoms. The van der Waals surface area contributed by atoms with Gasteiger partial charge >= 0.3 is 0 Å². The Morgan fingerprint density at radius 1 is 1.13 bits per heavy atom. The molecule has 3 aromatic rings. The van der Waals surface area contributed by atoms with Gasteiger partial charge in [0.2, 0.25) is 0 Å². The van der Waals surface area contributed by atoms with E-state index in [0.29, 0.717) is 11.3 Å². The molecule has 1 N–H and O–H groups in total. The van der Waals surface area contributed by atoms with E-state index in [0.717, 1.165) is 22.9 Å². The average molecular weight is 310 g/mol. The predicted molar refractivity (Wildman–Crippen MR) is 89.9 cm³/mol. The molecule has 118 valence electrons. The zero-order valence-corrected chi connectivity index (χ0v) is 13.3. The molecule has 0 fully saturated rings. The molecule has 1 aromatic heterocycles. The van der Waals surface area contributed by atoms with Crippen LogP contribution >= 0.6 is 0 Å². The smallest absolute Gasteiger partial charge is 0.270 e. The summed E-state index contributed by atoms with van der Waals surface area (Å²) < 4.78 is 13.8. The summed E-state index contributed by atoms with van der Waals surface area (Å²) in [6.07, 6.45) is 0.763. The fourth-order valence-corrected chi connectivity index (χ4v) is 2.89. The highest BCUT2D eigenvalue weighted by molar-refractivity contribution is 6.00. The van der Waals surface area contributed by atoms with Crippen molar-refractivity contribution in [2.75, 3.05) is 7.05 Å². The zero-order chi connectivity index (χ0) is 16.4. The van der Waals surface area contributed by atoms with Crippen molar-refractivity contribution in [2.45, 2.75) is 19.9 Å². The van der Waals surface area contributed by atoms with Gasteiger partial charge in [0.05, 0.1) is 0 Å². The molecule has 3 nitrogen and oxygen atoms in total. The fraction of sp³-hybridized carbons (Fsp3) is 0.211. The third-order valence-electron chi connectivity index (χ3n) is 4.09. The average Bonchev–Trinajstić information content (AvgIpc) is 2.94. The molecule has 0 saturated carbocycles. The first-order valence-electron chi connectivity index (χ1n) is 7.70. The molecule has 1 amide bonds. The molecule has 0 aliphatic carbocycles. The summed E-state index contributed by atoms with van der Waals surface area (Å²) in [6, 6.07) is 14.4. The van der Waals surface area contributed by atoms with Gasteiger partial charge in [0.1, 0.15) is 11.5 Å². The number of fused-ring (bicyclic) bond motifs is 1. The van der Waals surface area contributed by atoms with Crippen LogP contribution in [0.4, 0.5) is 4.39 Å². The molecule has 0 bridgehead atoms. The Balaban J connectivity index is 1.92. The number of amides is 1. The summed E-state index contributed by atoms with van der Waals surface area (Å²) in [5.74, 6) is -0.416. The van der Waals surface area contributed by atoms with Crippen molar-refractivity contribution < 1.29 is 9.18 Å². The van der Waals surface area contributed by atoms with Crippen LogP contribution in [0.1, 0.15) is 28.5 Å². The first kappa shape index (κ1) is 15.3. The number of nitrogens with zero attached hydrogens (tertiary/aromatic N) is 1. The summed E-state index contributed by atoms with van der Waals surface area (Å²) in [6.45, 7) is 2.27. The van der Waals surface area contributed by atoms with Gasteiger partial charge in [0, 0.05) is 30.1 Å². The van der Waals surface area contributed by atoms with E-state index < -0.39 is 0 Å². The Morgan fingerprint density at radius 2 is 1.83 bits per heavy atom. The lowest BCUT2D eigenvalue weighted by Gasteiger charge is -2.17. The van der Waals surface area contributed by atoms with E-state index in [1.165, 1.54) is 6.07 Å². The number of halogens is 1. The maximum absolute atomic E-state index is 13.8. The predicted octanol–water partition coefficient (Wildman–Crippen LogP) is 4.14. The molecule has 23 heavy (non-hydrogen) atoms. The van der Waals surface area contributed by atoms with Crippen LogP contribution in [0.2, 0.25) is 0 Å². The number of aromatic nitrogens is 1. The van der Waals surface area contributed by atoms with Crippen molar-refractivity contribution in [1.82, 2.24) is 9.88 Å². The summed E-state index contributed by atoms with van der Waals surface area (Å²) in [5.41, 5.74) is 3.06. The number of hydrogen-bond donors (Lipinski definition) is 1. The van der Waals surface area contributed by atoms with Crippen LogP contribution in [0.5, 0.6) is 0 Å². The van der Waals surface area contributed by atoms with Crippen LogP contribution in [0.15, 0.2) is 48.5 Å². The van der Waals surface area contributed by atoms with E-state index in [1.807, 2.05) is 31.2 Å². The van der Waals surface area contributed by atoms with Gasteiger partial charge in [-0.1, -0.05) is 43.3 Å². The quantitative estimate of drug-likeness (QED) is 0.772. The lowest BCUT2D eigenvalue weighted by Crippen LogP contribution is -2.27. The van der Waals surface area contributed by atoms with E-state index in [-0.39, 0.29) is 18.3 Å². The van der Waals surface area contributed by atoms with Crippen LogP contribution in [0.3, 0.4) is 0 Å². The maximum Gasteiger partial charge on any atom is 0.270 e. The van der Waals surface area contributed by atoms with Crippen molar-refractivity contribution >= 4 is 16.8 Å². The molecule has 0 radical (unpaired) electrons. The molecular weight excluding hydrogens is 291 g/mol. The zero-order valence-electron chi connectivity index (χ0n) is 13.3. The lowest BCUT2D eigenvalue weighted by atomic mass is 10.1. The summed E-state index contributed by atoms with van der Waals surface area (Å²) in [7, 11) is 1.69. The van der Waals surface area contributed by atoms with Crippen LogP contribution in [-0.4, -0.2) is 22.8 Å². The summed E-state index contributed by atoms with van der Waals surface area (Å²) in [5, 5.41) is 1.07. The maximum atomic E-state index is 13.8. The Labute approximate surface area is 134 Å². The minimum atomic E-state index is -0.292. The standard InChI is InChI=1S/C19H19FN2O/c1-3-14-15-9-5-7-11-17(15)21-18(14)19(23)22(2)12-13-8-4-6-10-16(13)20/h4-11,21H,3,12H2,1-2H3. The topological polar surface area (TPSA) is 36.1 Å². The molecule has 3 rings (SSSR count). The van der Waals surface area contributed by atoms with Crippen LogP contribution < -0.4 is 0 Å². The molecule has 0 saturated heterocycles. The van der Waals surface area contributed by atoms with Crippen molar-refractivity contribution in [1.29, 1.82) is 0 Å².